The van der Waals surface area contributed by atoms with Gasteiger partial charge in [0.2, 0.25) is 5.91 Å². The molecule has 1 aliphatic heterocycles. The summed E-state index contributed by atoms with van der Waals surface area (Å²) in [5, 5.41) is 2.83. The number of nitrogens with zero attached hydrogens (tertiary/aromatic N) is 1. The van der Waals surface area contributed by atoms with E-state index >= 15 is 0 Å². The summed E-state index contributed by atoms with van der Waals surface area (Å²) in [6.45, 7) is 0.569. The van der Waals surface area contributed by atoms with Gasteiger partial charge in [0.05, 0.1) is 6.04 Å². The predicted molar refractivity (Wildman–Crippen MR) is 64.4 cm³/mol. The summed E-state index contributed by atoms with van der Waals surface area (Å²) in [5.74, 6) is -0.106. The lowest BCUT2D eigenvalue weighted by atomic mass is 10.1. The van der Waals surface area contributed by atoms with Gasteiger partial charge >= 0.3 is 0 Å². The standard InChI is InChI=1S/C12H15N3O2/c1-15-7-10(6-11(15)16)14-12(17)8-2-4-9(13)5-3-8/h2-5,10H,6-7,13H2,1H3,(H,14,17). The second-order valence-corrected chi connectivity index (χ2v) is 4.27. The van der Waals surface area contributed by atoms with Crippen molar-refractivity contribution in [2.75, 3.05) is 19.3 Å². The second kappa shape index (κ2) is 4.45. The van der Waals surface area contributed by atoms with Gasteiger partial charge in [-0.2, -0.15) is 0 Å². The first-order valence-corrected chi connectivity index (χ1v) is 5.46. The minimum absolute atomic E-state index is 0.0626. The first kappa shape index (κ1) is 11.4. The fourth-order valence-corrected chi connectivity index (χ4v) is 1.86. The van der Waals surface area contributed by atoms with Gasteiger partial charge in [-0.25, -0.2) is 0 Å². The number of carbonyl (C=O) groups excluding carboxylic acids is 2. The van der Waals surface area contributed by atoms with Crippen LogP contribution in [0, 0.1) is 0 Å². The number of amides is 2. The van der Waals surface area contributed by atoms with Crippen molar-refractivity contribution < 1.29 is 9.59 Å². The monoisotopic (exact) mass is 233 g/mol. The molecule has 1 heterocycles. The molecule has 1 fully saturated rings. The molecule has 0 saturated carbocycles. The van der Waals surface area contributed by atoms with Crippen molar-refractivity contribution in [1.82, 2.24) is 10.2 Å². The Bertz CT molecular complexity index is 442. The van der Waals surface area contributed by atoms with Crippen LogP contribution in [0.3, 0.4) is 0 Å². The smallest absolute Gasteiger partial charge is 0.251 e. The van der Waals surface area contributed by atoms with Crippen LogP contribution in [-0.2, 0) is 4.79 Å². The number of nitrogen functional groups attached to an aromatic ring is 1. The number of rotatable bonds is 2. The Hall–Kier alpha value is -2.04. The zero-order valence-corrected chi connectivity index (χ0v) is 9.64. The first-order valence-electron chi connectivity index (χ1n) is 5.46. The van der Waals surface area contributed by atoms with Crippen LogP contribution in [0.4, 0.5) is 5.69 Å². The van der Waals surface area contributed by atoms with Crippen molar-refractivity contribution in [3.8, 4) is 0 Å². The zero-order valence-electron chi connectivity index (χ0n) is 9.64. The Labute approximate surface area is 99.6 Å². The highest BCUT2D eigenvalue weighted by Gasteiger charge is 2.27. The highest BCUT2D eigenvalue weighted by atomic mass is 16.2. The van der Waals surface area contributed by atoms with E-state index in [-0.39, 0.29) is 17.9 Å². The van der Waals surface area contributed by atoms with Crippen molar-refractivity contribution in [1.29, 1.82) is 0 Å². The van der Waals surface area contributed by atoms with Gasteiger partial charge in [0.15, 0.2) is 0 Å². The molecule has 0 aliphatic carbocycles. The summed E-state index contributed by atoms with van der Waals surface area (Å²) in [6, 6.07) is 6.61. The summed E-state index contributed by atoms with van der Waals surface area (Å²) in [6.07, 6.45) is 0.372. The number of hydrogen-bond acceptors (Lipinski definition) is 3. The number of nitrogens with two attached hydrogens (primary N) is 1. The quantitative estimate of drug-likeness (QED) is 0.718. The lowest BCUT2D eigenvalue weighted by molar-refractivity contribution is -0.126. The molecule has 0 aromatic heterocycles. The van der Waals surface area contributed by atoms with Gasteiger partial charge in [0.1, 0.15) is 0 Å². The molecule has 1 aromatic carbocycles. The van der Waals surface area contributed by atoms with E-state index in [0.29, 0.717) is 24.2 Å². The lowest BCUT2D eigenvalue weighted by Crippen LogP contribution is -2.36. The Morgan fingerprint density at radius 2 is 2.06 bits per heavy atom. The maximum absolute atomic E-state index is 11.8. The maximum Gasteiger partial charge on any atom is 0.251 e. The fraction of sp³-hybridized carbons (Fsp3) is 0.333. The molecule has 17 heavy (non-hydrogen) atoms. The Balaban J connectivity index is 1.98. The van der Waals surface area contributed by atoms with Crippen molar-refractivity contribution in [3.05, 3.63) is 29.8 Å². The third-order valence-electron chi connectivity index (χ3n) is 2.85. The van der Waals surface area contributed by atoms with E-state index < -0.39 is 0 Å². The van der Waals surface area contributed by atoms with Gasteiger partial charge in [0, 0.05) is 31.3 Å². The SMILES string of the molecule is CN1CC(NC(=O)c2ccc(N)cc2)CC1=O. The number of likely N-dealkylation sites (N-methyl/N-ethyl adjacent to an activating group) is 1. The van der Waals surface area contributed by atoms with Gasteiger partial charge in [-0.15, -0.1) is 0 Å². The van der Waals surface area contributed by atoms with Crippen LogP contribution in [0.2, 0.25) is 0 Å². The number of hydrogen-bond donors (Lipinski definition) is 2. The number of anilines is 1. The molecular weight excluding hydrogens is 218 g/mol. The van der Waals surface area contributed by atoms with Gasteiger partial charge in [-0.1, -0.05) is 0 Å². The highest BCUT2D eigenvalue weighted by molar-refractivity contribution is 5.95. The number of likely N-dealkylation sites (tertiary alicyclic amines) is 1. The zero-order chi connectivity index (χ0) is 12.4. The molecule has 5 nitrogen and oxygen atoms in total. The van der Waals surface area contributed by atoms with Crippen LogP contribution in [0.5, 0.6) is 0 Å². The normalized spacial score (nSPS) is 19.5. The molecule has 1 unspecified atom stereocenters. The minimum atomic E-state index is -0.168. The van der Waals surface area contributed by atoms with Gasteiger partial charge in [-0.3, -0.25) is 9.59 Å². The number of carbonyl (C=O) groups is 2. The van der Waals surface area contributed by atoms with Crippen molar-refractivity contribution in [2.24, 2.45) is 0 Å². The summed E-state index contributed by atoms with van der Waals surface area (Å²) < 4.78 is 0. The largest absolute Gasteiger partial charge is 0.399 e. The van der Waals surface area contributed by atoms with Crippen LogP contribution >= 0.6 is 0 Å². The van der Waals surface area contributed by atoms with Crippen LogP contribution in [0.25, 0.3) is 0 Å². The van der Waals surface area contributed by atoms with Crippen LogP contribution in [0.15, 0.2) is 24.3 Å². The van der Waals surface area contributed by atoms with Crippen LogP contribution < -0.4 is 11.1 Å². The summed E-state index contributed by atoms with van der Waals surface area (Å²) >= 11 is 0. The average molecular weight is 233 g/mol. The van der Waals surface area contributed by atoms with E-state index in [1.54, 1.807) is 36.2 Å². The molecule has 2 amide bonds. The van der Waals surface area contributed by atoms with Gasteiger partial charge < -0.3 is 16.0 Å². The lowest BCUT2D eigenvalue weighted by Gasteiger charge is -2.12. The topological polar surface area (TPSA) is 75.4 Å². The van der Waals surface area contributed by atoms with E-state index in [1.807, 2.05) is 0 Å². The van der Waals surface area contributed by atoms with Gasteiger partial charge in [-0.05, 0) is 24.3 Å². The first-order chi connectivity index (χ1) is 8.06. The molecule has 2 rings (SSSR count). The predicted octanol–water partition coefficient (Wildman–Crippen LogP) is 0.229. The van der Waals surface area contributed by atoms with Gasteiger partial charge in [0.25, 0.3) is 5.91 Å². The van der Waals surface area contributed by atoms with E-state index in [2.05, 4.69) is 5.32 Å². The minimum Gasteiger partial charge on any atom is -0.399 e. The molecule has 0 spiro atoms. The molecule has 1 aromatic rings. The van der Waals surface area contributed by atoms with Crippen molar-refractivity contribution >= 4 is 17.5 Å². The molecular formula is C12H15N3O2. The molecule has 0 bridgehead atoms. The third kappa shape index (κ3) is 2.55. The molecule has 90 valence electrons. The fourth-order valence-electron chi connectivity index (χ4n) is 1.86. The van der Waals surface area contributed by atoms with E-state index in [1.165, 1.54) is 0 Å². The number of nitrogens with one attached hydrogen (secondary N) is 1. The molecule has 1 atom stereocenters. The maximum atomic E-state index is 11.8. The summed E-state index contributed by atoms with van der Waals surface area (Å²) in [5.41, 5.74) is 6.72. The highest BCUT2D eigenvalue weighted by Crippen LogP contribution is 2.10. The Kier molecular flexibility index (Phi) is 2.99. The van der Waals surface area contributed by atoms with E-state index in [9.17, 15) is 9.59 Å². The Morgan fingerprint density at radius 3 is 2.59 bits per heavy atom. The van der Waals surface area contributed by atoms with Crippen LogP contribution in [-0.4, -0.2) is 36.3 Å². The molecule has 3 N–H and O–H groups in total. The summed E-state index contributed by atoms with van der Waals surface area (Å²) in [4.78, 5) is 24.8. The number of benzene rings is 1. The van der Waals surface area contributed by atoms with Crippen LogP contribution in [0.1, 0.15) is 16.8 Å². The third-order valence-corrected chi connectivity index (χ3v) is 2.85. The van der Waals surface area contributed by atoms with E-state index in [0.717, 1.165) is 0 Å². The Morgan fingerprint density at radius 1 is 1.41 bits per heavy atom. The molecule has 1 saturated heterocycles. The van der Waals surface area contributed by atoms with Crippen molar-refractivity contribution in [2.45, 2.75) is 12.5 Å². The van der Waals surface area contributed by atoms with Crippen molar-refractivity contribution in [3.63, 3.8) is 0 Å². The molecule has 5 heteroatoms. The second-order valence-electron chi connectivity index (χ2n) is 4.27. The average Bonchev–Trinajstić information content (AvgIpc) is 2.58. The van der Waals surface area contributed by atoms with E-state index in [4.69, 9.17) is 5.73 Å². The molecule has 1 aliphatic rings. The molecule has 0 radical (unpaired) electrons. The summed E-state index contributed by atoms with van der Waals surface area (Å²) in [7, 11) is 1.73.